The molecule has 0 saturated carbocycles. The number of aromatic nitrogens is 2. The molecule has 0 spiro atoms. The first-order valence-electron chi connectivity index (χ1n) is 7.75. The van der Waals surface area contributed by atoms with Gasteiger partial charge < -0.3 is 10.0 Å². The number of aryl methyl sites for hydroxylation is 1. The summed E-state index contributed by atoms with van der Waals surface area (Å²) in [7, 11) is 0. The van der Waals surface area contributed by atoms with E-state index in [0.717, 1.165) is 5.52 Å². The van der Waals surface area contributed by atoms with Crippen molar-refractivity contribution >= 4 is 22.9 Å². The number of imidazole rings is 1. The van der Waals surface area contributed by atoms with Crippen LogP contribution in [0.15, 0.2) is 29.1 Å². The first-order chi connectivity index (χ1) is 11.4. The summed E-state index contributed by atoms with van der Waals surface area (Å²) in [6, 6.07) is 7.13. The van der Waals surface area contributed by atoms with E-state index in [-0.39, 0.29) is 25.2 Å². The lowest BCUT2D eigenvalue weighted by Crippen LogP contribution is -2.40. The number of hydrogen-bond acceptors (Lipinski definition) is 3. The minimum absolute atomic E-state index is 0.0306. The number of para-hydroxylation sites is 2. The Labute approximate surface area is 136 Å². The van der Waals surface area contributed by atoms with Crippen molar-refractivity contribution in [2.24, 2.45) is 0 Å². The number of fused-ring (bicyclic) bond motifs is 1. The van der Waals surface area contributed by atoms with Crippen LogP contribution in [0.3, 0.4) is 0 Å². The van der Waals surface area contributed by atoms with Gasteiger partial charge in [0.2, 0.25) is 11.6 Å². The van der Waals surface area contributed by atoms with E-state index in [9.17, 15) is 18.8 Å². The number of carbonyl (C=O) groups is 2. The van der Waals surface area contributed by atoms with Crippen LogP contribution >= 0.6 is 0 Å². The number of aliphatic carboxylic acids is 1. The second kappa shape index (κ2) is 5.77. The maximum absolute atomic E-state index is 14.1. The van der Waals surface area contributed by atoms with Crippen LogP contribution in [0, 0.1) is 0 Å². The Morgan fingerprint density at radius 1 is 1.25 bits per heavy atom. The maximum atomic E-state index is 14.1. The number of hydrogen-bond donors (Lipinski definition) is 1. The Hall–Kier alpha value is -2.64. The molecule has 1 fully saturated rings. The van der Waals surface area contributed by atoms with Crippen molar-refractivity contribution in [1.82, 2.24) is 14.0 Å². The van der Waals surface area contributed by atoms with Crippen molar-refractivity contribution in [3.63, 3.8) is 0 Å². The van der Waals surface area contributed by atoms with Crippen molar-refractivity contribution < 1.29 is 19.1 Å². The molecular weight excluding hydrogens is 317 g/mol. The van der Waals surface area contributed by atoms with E-state index in [0.29, 0.717) is 12.1 Å². The number of benzene rings is 1. The monoisotopic (exact) mass is 335 g/mol. The zero-order valence-corrected chi connectivity index (χ0v) is 13.2. The maximum Gasteiger partial charge on any atom is 0.343 e. The van der Waals surface area contributed by atoms with Gasteiger partial charge in [-0.1, -0.05) is 12.1 Å². The molecule has 1 amide bonds. The highest BCUT2D eigenvalue weighted by atomic mass is 19.1. The summed E-state index contributed by atoms with van der Waals surface area (Å²) in [6.45, 7) is 1.62. The average Bonchev–Trinajstić information content (AvgIpc) is 3.08. The molecule has 0 bridgehead atoms. The second-order valence-electron chi connectivity index (χ2n) is 5.94. The van der Waals surface area contributed by atoms with Gasteiger partial charge in [-0.15, -0.1) is 0 Å². The Bertz CT molecular complexity index is 872. The number of carboxylic acids is 1. The zero-order chi connectivity index (χ0) is 17.5. The summed E-state index contributed by atoms with van der Waals surface area (Å²) in [4.78, 5) is 37.0. The lowest BCUT2D eigenvalue weighted by Gasteiger charge is -2.18. The third-order valence-corrected chi connectivity index (χ3v) is 4.49. The molecule has 7 nitrogen and oxygen atoms in total. The SMILES string of the molecule is CCn1c(=O)n(CC(=O)N2CCC(F)(C(=O)O)C2)c2ccccc21. The first kappa shape index (κ1) is 16.2. The molecule has 0 aliphatic carbocycles. The van der Waals surface area contributed by atoms with Gasteiger partial charge in [-0.3, -0.25) is 13.9 Å². The summed E-state index contributed by atoms with van der Waals surface area (Å²) < 4.78 is 17.0. The van der Waals surface area contributed by atoms with Gasteiger partial charge in [-0.05, 0) is 19.1 Å². The van der Waals surface area contributed by atoms with Crippen LogP contribution in [0.5, 0.6) is 0 Å². The fraction of sp³-hybridized carbons (Fsp3) is 0.438. The molecule has 128 valence electrons. The Kier molecular flexibility index (Phi) is 3.90. The number of likely N-dealkylation sites (tertiary alicyclic amines) is 1. The third kappa shape index (κ3) is 2.47. The Morgan fingerprint density at radius 2 is 1.88 bits per heavy atom. The van der Waals surface area contributed by atoms with E-state index in [2.05, 4.69) is 0 Å². The van der Waals surface area contributed by atoms with Gasteiger partial charge in [0.15, 0.2) is 0 Å². The third-order valence-electron chi connectivity index (χ3n) is 4.49. The van der Waals surface area contributed by atoms with E-state index < -0.39 is 24.1 Å². The van der Waals surface area contributed by atoms with Crippen LogP contribution in [-0.4, -0.2) is 49.8 Å². The molecule has 1 aliphatic rings. The quantitative estimate of drug-likeness (QED) is 0.898. The first-order valence-corrected chi connectivity index (χ1v) is 7.75. The molecule has 0 radical (unpaired) electrons. The number of carboxylic acid groups (broad SMARTS) is 1. The molecule has 2 aromatic rings. The van der Waals surface area contributed by atoms with Gasteiger partial charge in [-0.25, -0.2) is 14.0 Å². The van der Waals surface area contributed by atoms with Crippen LogP contribution in [0.4, 0.5) is 4.39 Å². The molecule has 1 aromatic carbocycles. The molecular formula is C16H18FN3O4. The van der Waals surface area contributed by atoms with E-state index >= 15 is 0 Å². The number of halogens is 1. The smallest absolute Gasteiger partial charge is 0.343 e. The highest BCUT2D eigenvalue weighted by molar-refractivity contribution is 5.84. The van der Waals surface area contributed by atoms with Crippen molar-refractivity contribution in [2.75, 3.05) is 13.1 Å². The number of carbonyl (C=O) groups excluding carboxylic acids is 1. The van der Waals surface area contributed by atoms with Gasteiger partial charge in [-0.2, -0.15) is 0 Å². The highest BCUT2D eigenvalue weighted by Crippen LogP contribution is 2.26. The largest absolute Gasteiger partial charge is 0.479 e. The molecule has 1 saturated heterocycles. The molecule has 1 aromatic heterocycles. The van der Waals surface area contributed by atoms with Gasteiger partial charge in [0.25, 0.3) is 0 Å². The van der Waals surface area contributed by atoms with Crippen LogP contribution < -0.4 is 5.69 Å². The van der Waals surface area contributed by atoms with E-state index in [4.69, 9.17) is 5.11 Å². The lowest BCUT2D eigenvalue weighted by molar-refractivity contribution is -0.150. The van der Waals surface area contributed by atoms with E-state index in [1.807, 2.05) is 13.0 Å². The van der Waals surface area contributed by atoms with Gasteiger partial charge in [0.1, 0.15) is 6.54 Å². The highest BCUT2D eigenvalue weighted by Gasteiger charge is 2.46. The fourth-order valence-corrected chi connectivity index (χ4v) is 3.13. The molecule has 8 heteroatoms. The van der Waals surface area contributed by atoms with Crippen molar-refractivity contribution in [1.29, 1.82) is 0 Å². The molecule has 1 aliphatic heterocycles. The standard InChI is InChI=1S/C16H18FN3O4/c1-2-19-11-5-3-4-6-12(11)20(15(19)24)9-13(21)18-8-7-16(17,10-18)14(22)23/h3-6H,2,7-10H2,1H3,(H,22,23). The van der Waals surface area contributed by atoms with Crippen LogP contribution in [0.2, 0.25) is 0 Å². The average molecular weight is 335 g/mol. The molecule has 1 unspecified atom stereocenters. The van der Waals surface area contributed by atoms with Crippen molar-refractivity contribution in [3.8, 4) is 0 Å². The van der Waals surface area contributed by atoms with Crippen LogP contribution in [0.1, 0.15) is 13.3 Å². The van der Waals surface area contributed by atoms with E-state index in [1.54, 1.807) is 22.8 Å². The van der Waals surface area contributed by atoms with Crippen molar-refractivity contribution in [3.05, 3.63) is 34.7 Å². The Balaban J connectivity index is 1.89. The number of rotatable bonds is 4. The lowest BCUT2D eigenvalue weighted by atomic mass is 10.1. The normalized spacial score (nSPS) is 20.7. The van der Waals surface area contributed by atoms with Crippen molar-refractivity contribution in [2.45, 2.75) is 32.1 Å². The predicted molar refractivity (Wildman–Crippen MR) is 84.5 cm³/mol. The molecule has 24 heavy (non-hydrogen) atoms. The van der Waals surface area contributed by atoms with Gasteiger partial charge in [0.05, 0.1) is 17.6 Å². The predicted octanol–water partition coefficient (Wildman–Crippen LogP) is 0.848. The minimum atomic E-state index is -2.40. The molecule has 1 N–H and O–H groups in total. The summed E-state index contributed by atoms with van der Waals surface area (Å²) in [5, 5.41) is 8.91. The Morgan fingerprint density at radius 3 is 2.42 bits per heavy atom. The molecule has 3 rings (SSSR count). The zero-order valence-electron chi connectivity index (χ0n) is 13.2. The number of amides is 1. The number of alkyl halides is 1. The van der Waals surface area contributed by atoms with Gasteiger partial charge in [0, 0.05) is 19.5 Å². The minimum Gasteiger partial charge on any atom is -0.479 e. The van der Waals surface area contributed by atoms with Crippen LogP contribution in [0.25, 0.3) is 11.0 Å². The second-order valence-corrected chi connectivity index (χ2v) is 5.94. The summed E-state index contributed by atoms with van der Waals surface area (Å²) in [6.07, 6.45) is -0.236. The summed E-state index contributed by atoms with van der Waals surface area (Å²) >= 11 is 0. The topological polar surface area (TPSA) is 84.5 Å². The molecule has 1 atom stereocenters. The summed E-state index contributed by atoms with van der Waals surface area (Å²) in [5.74, 6) is -2.02. The van der Waals surface area contributed by atoms with Crippen LogP contribution in [-0.2, 0) is 22.7 Å². The van der Waals surface area contributed by atoms with E-state index in [1.165, 1.54) is 9.47 Å². The molecule has 2 heterocycles. The summed E-state index contributed by atoms with van der Waals surface area (Å²) in [5.41, 5.74) is -1.36. The number of nitrogens with zero attached hydrogens (tertiary/aromatic N) is 3. The fourth-order valence-electron chi connectivity index (χ4n) is 3.13. The van der Waals surface area contributed by atoms with Gasteiger partial charge >= 0.3 is 11.7 Å².